The lowest BCUT2D eigenvalue weighted by atomic mass is 9.87. The predicted octanol–water partition coefficient (Wildman–Crippen LogP) is 6.43. The molecule has 0 aromatic carbocycles. The second-order valence-corrected chi connectivity index (χ2v) is 15.2. The molecule has 1 aliphatic carbocycles. The number of aromatic nitrogens is 3. The van der Waals surface area contributed by atoms with Crippen molar-refractivity contribution in [3.8, 4) is 0 Å². The maximum Gasteiger partial charge on any atom is 0.192 e. The minimum absolute atomic E-state index is 0.156. The van der Waals surface area contributed by atoms with Gasteiger partial charge < -0.3 is 4.43 Å². The summed E-state index contributed by atoms with van der Waals surface area (Å²) in [4.78, 5) is 4.19. The molecule has 0 unspecified atom stereocenters. The summed E-state index contributed by atoms with van der Waals surface area (Å²) in [5.74, 6) is 0. The Bertz CT molecular complexity index is 794. The zero-order chi connectivity index (χ0) is 19.2. The molecule has 1 fully saturated rings. The molecule has 2 aromatic rings. The lowest BCUT2D eigenvalue weighted by Gasteiger charge is -2.40. The van der Waals surface area contributed by atoms with Gasteiger partial charge in [0.1, 0.15) is 9.76 Å². The van der Waals surface area contributed by atoms with Crippen molar-refractivity contribution >= 4 is 46.8 Å². The minimum atomic E-state index is -1.76. The van der Waals surface area contributed by atoms with Crippen LogP contribution in [-0.2, 0) is 11.0 Å². The third-order valence-corrected chi connectivity index (χ3v) is 11.5. The van der Waals surface area contributed by atoms with Gasteiger partial charge in [-0.15, -0.1) is 0 Å². The third kappa shape index (κ3) is 4.03. The summed E-state index contributed by atoms with van der Waals surface area (Å²) in [6.07, 6.45) is 6.71. The van der Waals surface area contributed by atoms with E-state index in [2.05, 4.69) is 59.5 Å². The van der Waals surface area contributed by atoms with Crippen molar-refractivity contribution in [3.63, 3.8) is 0 Å². The molecule has 0 amide bonds. The summed E-state index contributed by atoms with van der Waals surface area (Å²) in [6.45, 7) is 13.3. The van der Waals surface area contributed by atoms with Crippen LogP contribution in [0.1, 0.15) is 46.5 Å². The monoisotopic (exact) mass is 457 g/mol. The lowest BCUT2D eigenvalue weighted by Crippen LogP contribution is -2.44. The molecule has 26 heavy (non-hydrogen) atoms. The van der Waals surface area contributed by atoms with Crippen molar-refractivity contribution in [3.05, 3.63) is 22.0 Å². The number of hydrogen-bond acceptors (Lipinski definition) is 3. The van der Waals surface area contributed by atoms with Gasteiger partial charge in [-0.25, -0.2) is 4.98 Å². The first kappa shape index (κ1) is 20.3. The number of hydrogen-bond donors (Lipinski definition) is 0. The molecule has 2 aromatic heterocycles. The smallest absolute Gasteiger partial charge is 0.192 e. The minimum Gasteiger partial charge on any atom is -0.416 e. The van der Waals surface area contributed by atoms with Gasteiger partial charge in [0.15, 0.2) is 8.32 Å². The molecule has 4 nitrogen and oxygen atoms in total. The molecular formula is C19H29BrClN3OSi. The quantitative estimate of drug-likeness (QED) is 0.383. The second kappa shape index (κ2) is 7.19. The maximum atomic E-state index is 6.64. The zero-order valence-electron chi connectivity index (χ0n) is 16.4. The molecule has 144 valence electrons. The first-order chi connectivity index (χ1) is 12.0. The molecule has 1 saturated carbocycles. The first-order valence-electron chi connectivity index (χ1n) is 9.35. The fraction of sp³-hybridized carbons (Fsp3) is 0.684. The highest BCUT2D eigenvalue weighted by Gasteiger charge is 2.42. The summed E-state index contributed by atoms with van der Waals surface area (Å²) < 4.78 is 9.56. The van der Waals surface area contributed by atoms with E-state index in [1.165, 1.54) is 25.7 Å². The van der Waals surface area contributed by atoms with Crippen LogP contribution in [-0.4, -0.2) is 29.7 Å². The standard InChI is InChI=1S/C19H29BrClN3OSi/c1-18(2,3)26(4,5)25-13-19(8-6-7-9-19)12-24-15-10-16(21)22-11-14(15)17(20)23-24/h10-11H,6-9,12-13H2,1-5H3. The highest BCUT2D eigenvalue weighted by atomic mass is 79.9. The van der Waals surface area contributed by atoms with Crippen molar-refractivity contribution in [1.82, 2.24) is 14.8 Å². The molecule has 7 heteroatoms. The van der Waals surface area contributed by atoms with Gasteiger partial charge >= 0.3 is 0 Å². The molecule has 1 aliphatic rings. The summed E-state index contributed by atoms with van der Waals surface area (Å²) in [5.41, 5.74) is 1.19. The average molecular weight is 459 g/mol. The number of pyridine rings is 1. The zero-order valence-corrected chi connectivity index (χ0v) is 19.7. The van der Waals surface area contributed by atoms with Gasteiger partial charge in [0.25, 0.3) is 0 Å². The van der Waals surface area contributed by atoms with Gasteiger partial charge in [-0.05, 0) is 46.9 Å². The Morgan fingerprint density at radius 2 is 1.96 bits per heavy atom. The van der Waals surface area contributed by atoms with Crippen LogP contribution in [0.25, 0.3) is 10.9 Å². The van der Waals surface area contributed by atoms with E-state index >= 15 is 0 Å². The second-order valence-electron chi connectivity index (χ2n) is 9.23. The van der Waals surface area contributed by atoms with E-state index in [0.717, 1.165) is 28.7 Å². The van der Waals surface area contributed by atoms with Gasteiger partial charge in [-0.3, -0.25) is 4.68 Å². The normalized spacial score (nSPS) is 18.0. The average Bonchev–Trinajstić information content (AvgIpc) is 3.11. The van der Waals surface area contributed by atoms with Crippen molar-refractivity contribution in [1.29, 1.82) is 0 Å². The Balaban J connectivity index is 1.86. The van der Waals surface area contributed by atoms with Crippen molar-refractivity contribution in [2.24, 2.45) is 5.41 Å². The van der Waals surface area contributed by atoms with E-state index in [9.17, 15) is 0 Å². The SMILES string of the molecule is CC(C)(C)[Si](C)(C)OCC1(Cn2nc(Br)c3cnc(Cl)cc32)CCCC1. The molecule has 0 atom stereocenters. The number of nitrogens with zero attached hydrogens (tertiary/aromatic N) is 3. The summed E-state index contributed by atoms with van der Waals surface area (Å²) in [7, 11) is -1.76. The van der Waals surface area contributed by atoms with Crippen molar-refractivity contribution in [2.45, 2.75) is 71.1 Å². The number of rotatable bonds is 5. The summed E-state index contributed by atoms with van der Waals surface area (Å²) in [5, 5.41) is 6.46. The highest BCUT2D eigenvalue weighted by molar-refractivity contribution is 9.10. The van der Waals surface area contributed by atoms with Crippen molar-refractivity contribution < 1.29 is 4.43 Å². The van der Waals surface area contributed by atoms with E-state index in [0.29, 0.717) is 5.15 Å². The van der Waals surface area contributed by atoms with Crippen LogP contribution in [0.3, 0.4) is 0 Å². The topological polar surface area (TPSA) is 39.9 Å². The van der Waals surface area contributed by atoms with E-state index < -0.39 is 8.32 Å². The predicted molar refractivity (Wildman–Crippen MR) is 114 cm³/mol. The Hall–Kier alpha value is -0.433. The largest absolute Gasteiger partial charge is 0.416 e. The molecule has 3 rings (SSSR count). The van der Waals surface area contributed by atoms with E-state index in [-0.39, 0.29) is 10.5 Å². The molecule has 0 bridgehead atoms. The fourth-order valence-electron chi connectivity index (χ4n) is 3.47. The molecule has 0 aliphatic heterocycles. The Labute approximate surface area is 170 Å². The molecule has 0 N–H and O–H groups in total. The molecule has 0 saturated heterocycles. The van der Waals surface area contributed by atoms with E-state index in [4.69, 9.17) is 21.1 Å². The van der Waals surface area contributed by atoms with Crippen LogP contribution in [0.5, 0.6) is 0 Å². The molecule has 0 radical (unpaired) electrons. The van der Waals surface area contributed by atoms with Crippen LogP contribution in [0.15, 0.2) is 16.9 Å². The third-order valence-electron chi connectivity index (χ3n) is 6.25. The number of halogens is 2. The van der Waals surface area contributed by atoms with Gasteiger partial charge in [0.05, 0.1) is 10.9 Å². The van der Waals surface area contributed by atoms with Crippen LogP contribution in [0.2, 0.25) is 23.3 Å². The van der Waals surface area contributed by atoms with Gasteiger partial charge in [-0.2, -0.15) is 5.10 Å². The van der Waals surface area contributed by atoms with Crippen LogP contribution in [0, 0.1) is 5.41 Å². The van der Waals surface area contributed by atoms with Crippen LogP contribution < -0.4 is 0 Å². The Morgan fingerprint density at radius 3 is 2.58 bits per heavy atom. The summed E-state index contributed by atoms with van der Waals surface area (Å²) >= 11 is 9.70. The van der Waals surface area contributed by atoms with Crippen molar-refractivity contribution in [2.75, 3.05) is 6.61 Å². The Morgan fingerprint density at radius 1 is 1.31 bits per heavy atom. The van der Waals surface area contributed by atoms with E-state index in [1.54, 1.807) is 6.20 Å². The molecule has 2 heterocycles. The van der Waals surface area contributed by atoms with Gasteiger partial charge in [0, 0.05) is 30.8 Å². The van der Waals surface area contributed by atoms with E-state index in [1.807, 2.05) is 6.07 Å². The molecule has 0 spiro atoms. The van der Waals surface area contributed by atoms with Crippen LogP contribution in [0.4, 0.5) is 0 Å². The first-order valence-corrected chi connectivity index (χ1v) is 13.4. The highest BCUT2D eigenvalue weighted by Crippen LogP contribution is 2.44. The van der Waals surface area contributed by atoms with Gasteiger partial charge in [-0.1, -0.05) is 45.2 Å². The number of fused-ring (bicyclic) bond motifs is 1. The Kier molecular flexibility index (Phi) is 5.61. The molecular weight excluding hydrogens is 430 g/mol. The fourth-order valence-corrected chi connectivity index (χ4v) is 5.22. The maximum absolute atomic E-state index is 6.64. The summed E-state index contributed by atoms with van der Waals surface area (Å²) in [6, 6.07) is 1.91. The lowest BCUT2D eigenvalue weighted by molar-refractivity contribution is 0.114. The van der Waals surface area contributed by atoms with Gasteiger partial charge in [0.2, 0.25) is 0 Å². The van der Waals surface area contributed by atoms with Crippen LogP contribution >= 0.6 is 27.5 Å².